The predicted octanol–water partition coefficient (Wildman–Crippen LogP) is 3.10. The zero-order chi connectivity index (χ0) is 14.7. The van der Waals surface area contributed by atoms with Gasteiger partial charge in [0, 0.05) is 29.8 Å². The van der Waals surface area contributed by atoms with Crippen LogP contribution < -0.4 is 5.32 Å². The van der Waals surface area contributed by atoms with E-state index >= 15 is 0 Å². The minimum absolute atomic E-state index is 0.315. The number of thiazole rings is 1. The third-order valence-electron chi connectivity index (χ3n) is 4.31. The van der Waals surface area contributed by atoms with Gasteiger partial charge in [-0.15, -0.1) is 11.3 Å². The Morgan fingerprint density at radius 3 is 2.90 bits per heavy atom. The van der Waals surface area contributed by atoms with E-state index in [2.05, 4.69) is 22.8 Å². The summed E-state index contributed by atoms with van der Waals surface area (Å²) >= 11 is 1.64. The van der Waals surface area contributed by atoms with Crippen LogP contribution in [0.2, 0.25) is 0 Å². The van der Waals surface area contributed by atoms with E-state index in [4.69, 9.17) is 4.98 Å². The molecule has 1 saturated heterocycles. The molecule has 4 heteroatoms. The minimum Gasteiger partial charge on any atom is -0.389 e. The van der Waals surface area contributed by atoms with Crippen LogP contribution in [0.5, 0.6) is 0 Å². The van der Waals surface area contributed by atoms with E-state index in [1.165, 1.54) is 0 Å². The molecule has 0 bridgehead atoms. The highest BCUT2D eigenvalue weighted by Crippen LogP contribution is 2.30. The van der Waals surface area contributed by atoms with Crippen LogP contribution in [-0.2, 0) is 6.42 Å². The second-order valence-corrected chi connectivity index (χ2v) is 7.01. The summed E-state index contributed by atoms with van der Waals surface area (Å²) in [4.78, 5) is 4.70. The largest absolute Gasteiger partial charge is 0.389 e. The van der Waals surface area contributed by atoms with Gasteiger partial charge in [0.25, 0.3) is 0 Å². The lowest BCUT2D eigenvalue weighted by atomic mass is 9.81. The van der Waals surface area contributed by atoms with E-state index in [1.54, 1.807) is 11.3 Å². The number of hydrogen-bond donors (Lipinski definition) is 2. The van der Waals surface area contributed by atoms with Gasteiger partial charge in [0.05, 0.1) is 16.3 Å². The SMILES string of the molecule is CC(O)(Cc1nc(-c2ccccc2)cs1)C1CCCNC1. The molecular formula is C17H22N2OS. The molecule has 2 atom stereocenters. The van der Waals surface area contributed by atoms with Gasteiger partial charge in [-0.25, -0.2) is 4.98 Å². The maximum Gasteiger partial charge on any atom is 0.0961 e. The summed E-state index contributed by atoms with van der Waals surface area (Å²) < 4.78 is 0. The van der Waals surface area contributed by atoms with Crippen LogP contribution in [0.15, 0.2) is 35.7 Å². The number of nitrogens with one attached hydrogen (secondary N) is 1. The van der Waals surface area contributed by atoms with Crippen molar-refractivity contribution in [3.05, 3.63) is 40.7 Å². The molecule has 0 radical (unpaired) electrons. The van der Waals surface area contributed by atoms with Crippen molar-refractivity contribution in [2.24, 2.45) is 5.92 Å². The zero-order valence-electron chi connectivity index (χ0n) is 12.4. The average molecular weight is 302 g/mol. The molecule has 0 amide bonds. The molecule has 112 valence electrons. The highest BCUT2D eigenvalue weighted by atomic mass is 32.1. The van der Waals surface area contributed by atoms with Gasteiger partial charge in [0.2, 0.25) is 0 Å². The first kappa shape index (κ1) is 14.7. The number of benzene rings is 1. The summed E-state index contributed by atoms with van der Waals surface area (Å²) in [5.74, 6) is 0.315. The molecule has 1 aromatic heterocycles. The normalized spacial score (nSPS) is 21.9. The van der Waals surface area contributed by atoms with E-state index in [0.29, 0.717) is 12.3 Å². The molecule has 21 heavy (non-hydrogen) atoms. The van der Waals surface area contributed by atoms with Crippen molar-refractivity contribution in [3.8, 4) is 11.3 Å². The van der Waals surface area contributed by atoms with Gasteiger partial charge >= 0.3 is 0 Å². The van der Waals surface area contributed by atoms with Gasteiger partial charge in [-0.05, 0) is 26.3 Å². The first-order valence-corrected chi connectivity index (χ1v) is 8.46. The van der Waals surface area contributed by atoms with Crippen molar-refractivity contribution < 1.29 is 5.11 Å². The van der Waals surface area contributed by atoms with E-state index in [-0.39, 0.29) is 0 Å². The van der Waals surface area contributed by atoms with Gasteiger partial charge in [0.1, 0.15) is 0 Å². The Morgan fingerprint density at radius 2 is 2.19 bits per heavy atom. The second-order valence-electron chi connectivity index (χ2n) is 6.07. The molecule has 2 unspecified atom stereocenters. The third kappa shape index (κ3) is 3.51. The Morgan fingerprint density at radius 1 is 1.38 bits per heavy atom. The van der Waals surface area contributed by atoms with Crippen molar-refractivity contribution >= 4 is 11.3 Å². The highest BCUT2D eigenvalue weighted by molar-refractivity contribution is 7.09. The zero-order valence-corrected chi connectivity index (χ0v) is 13.2. The Hall–Kier alpha value is -1.23. The number of hydrogen-bond acceptors (Lipinski definition) is 4. The van der Waals surface area contributed by atoms with E-state index < -0.39 is 5.60 Å². The van der Waals surface area contributed by atoms with Gasteiger partial charge in [-0.2, -0.15) is 0 Å². The maximum atomic E-state index is 10.8. The standard InChI is InChI=1S/C17H22N2OS/c1-17(20,14-8-5-9-18-11-14)10-16-19-15(12-21-16)13-6-3-2-4-7-13/h2-4,6-7,12,14,18,20H,5,8-11H2,1H3. The van der Waals surface area contributed by atoms with Crippen molar-refractivity contribution in [1.82, 2.24) is 10.3 Å². The van der Waals surface area contributed by atoms with Crippen LogP contribution >= 0.6 is 11.3 Å². The predicted molar refractivity (Wildman–Crippen MR) is 87.5 cm³/mol. The van der Waals surface area contributed by atoms with Crippen LogP contribution in [0.1, 0.15) is 24.8 Å². The molecule has 3 nitrogen and oxygen atoms in total. The van der Waals surface area contributed by atoms with Gasteiger partial charge < -0.3 is 10.4 Å². The maximum absolute atomic E-state index is 10.8. The monoisotopic (exact) mass is 302 g/mol. The van der Waals surface area contributed by atoms with Gasteiger partial charge in [-0.1, -0.05) is 30.3 Å². The van der Waals surface area contributed by atoms with Crippen LogP contribution in [0.25, 0.3) is 11.3 Å². The van der Waals surface area contributed by atoms with Crippen molar-refractivity contribution in [2.45, 2.75) is 31.8 Å². The molecule has 2 N–H and O–H groups in total. The van der Waals surface area contributed by atoms with Crippen LogP contribution in [-0.4, -0.2) is 28.8 Å². The minimum atomic E-state index is -0.681. The summed E-state index contributed by atoms with van der Waals surface area (Å²) in [5, 5.41) is 17.3. The molecule has 1 fully saturated rings. The quantitative estimate of drug-likeness (QED) is 0.912. The molecule has 0 aliphatic carbocycles. The van der Waals surface area contributed by atoms with Crippen LogP contribution in [0, 0.1) is 5.92 Å². The number of rotatable bonds is 4. The van der Waals surface area contributed by atoms with E-state index in [0.717, 1.165) is 42.2 Å². The van der Waals surface area contributed by atoms with Crippen LogP contribution in [0.3, 0.4) is 0 Å². The number of aromatic nitrogens is 1. The topological polar surface area (TPSA) is 45.2 Å². The molecular weight excluding hydrogens is 280 g/mol. The molecule has 1 aromatic carbocycles. The molecule has 1 aliphatic rings. The average Bonchev–Trinajstić information content (AvgIpc) is 2.97. The van der Waals surface area contributed by atoms with Crippen molar-refractivity contribution in [3.63, 3.8) is 0 Å². The van der Waals surface area contributed by atoms with Crippen molar-refractivity contribution in [1.29, 1.82) is 0 Å². The highest BCUT2D eigenvalue weighted by Gasteiger charge is 2.33. The first-order valence-electron chi connectivity index (χ1n) is 7.58. The summed E-state index contributed by atoms with van der Waals surface area (Å²) in [6, 6.07) is 10.2. The van der Waals surface area contributed by atoms with Crippen LogP contribution in [0.4, 0.5) is 0 Å². The molecule has 2 aromatic rings. The smallest absolute Gasteiger partial charge is 0.0961 e. The lowest BCUT2D eigenvalue weighted by Gasteiger charge is -2.35. The van der Waals surface area contributed by atoms with Gasteiger partial charge in [-0.3, -0.25) is 0 Å². The fourth-order valence-corrected chi connectivity index (χ4v) is 3.93. The summed E-state index contributed by atoms with van der Waals surface area (Å²) in [7, 11) is 0. The molecule has 1 aliphatic heterocycles. The summed E-state index contributed by atoms with van der Waals surface area (Å²) in [6.45, 7) is 3.93. The first-order chi connectivity index (χ1) is 10.1. The molecule has 3 rings (SSSR count). The molecule has 0 spiro atoms. The Labute approximate surface area is 130 Å². The second kappa shape index (κ2) is 6.26. The number of piperidine rings is 1. The number of aliphatic hydroxyl groups is 1. The lowest BCUT2D eigenvalue weighted by Crippen LogP contribution is -2.45. The lowest BCUT2D eigenvalue weighted by molar-refractivity contribution is -0.0102. The molecule has 2 heterocycles. The summed E-state index contributed by atoms with van der Waals surface area (Å²) in [5.41, 5.74) is 1.46. The van der Waals surface area contributed by atoms with Gasteiger partial charge in [0.15, 0.2) is 0 Å². The fraction of sp³-hybridized carbons (Fsp3) is 0.471. The Balaban J connectivity index is 1.71. The summed E-state index contributed by atoms with van der Waals surface area (Å²) in [6.07, 6.45) is 2.88. The number of nitrogens with zero attached hydrogens (tertiary/aromatic N) is 1. The fourth-order valence-electron chi connectivity index (χ4n) is 2.97. The van der Waals surface area contributed by atoms with E-state index in [1.807, 2.05) is 25.1 Å². The van der Waals surface area contributed by atoms with E-state index in [9.17, 15) is 5.11 Å². The molecule has 0 saturated carbocycles. The Kier molecular flexibility index (Phi) is 4.38. The third-order valence-corrected chi connectivity index (χ3v) is 5.16. The Bertz CT molecular complexity index is 573. The van der Waals surface area contributed by atoms with Crippen molar-refractivity contribution in [2.75, 3.05) is 13.1 Å².